The van der Waals surface area contributed by atoms with Crippen LogP contribution >= 0.6 is 0 Å². The van der Waals surface area contributed by atoms with Crippen LogP contribution in [0.25, 0.3) is 11.4 Å². The van der Waals surface area contributed by atoms with Crippen molar-refractivity contribution in [3.05, 3.63) is 167 Å². The van der Waals surface area contributed by atoms with Crippen LogP contribution in [0, 0.1) is 12.1 Å². The summed E-state index contributed by atoms with van der Waals surface area (Å²) < 4.78 is 4.52. The summed E-state index contributed by atoms with van der Waals surface area (Å²) in [5.74, 6) is 1.87. The second kappa shape index (κ2) is 11.6. The van der Waals surface area contributed by atoms with Crippen LogP contribution in [0.1, 0.15) is 101 Å². The molecular formula is C42H42N4Pt. The minimum absolute atomic E-state index is 0. The molecule has 4 aromatic carbocycles. The predicted octanol–water partition coefficient (Wildman–Crippen LogP) is 9.27. The van der Waals surface area contributed by atoms with Gasteiger partial charge in [-0.3, -0.25) is 0 Å². The van der Waals surface area contributed by atoms with E-state index in [1.54, 1.807) is 0 Å². The van der Waals surface area contributed by atoms with E-state index in [1.807, 2.05) is 0 Å². The normalized spacial score (nSPS) is 17.0. The summed E-state index contributed by atoms with van der Waals surface area (Å²) in [7, 11) is 0. The van der Waals surface area contributed by atoms with E-state index in [-0.39, 0.29) is 26.5 Å². The van der Waals surface area contributed by atoms with Crippen molar-refractivity contribution in [1.29, 1.82) is 0 Å². The first kappa shape index (κ1) is 32.9. The molecule has 0 saturated carbocycles. The van der Waals surface area contributed by atoms with Crippen LogP contribution in [0.4, 0.5) is 0 Å². The van der Waals surface area contributed by atoms with Gasteiger partial charge >= 0.3 is 21.1 Å². The zero-order valence-electron chi connectivity index (χ0n) is 28.5. The molecule has 5 heteroatoms. The van der Waals surface area contributed by atoms with Gasteiger partial charge in [-0.2, -0.15) is 70.8 Å². The Bertz CT molecular complexity index is 1900. The van der Waals surface area contributed by atoms with Crippen molar-refractivity contribution in [3.8, 4) is 11.4 Å². The second-order valence-electron chi connectivity index (χ2n) is 14.8. The Hall–Kier alpha value is -4.01. The number of rotatable bonds is 2. The first-order valence-corrected chi connectivity index (χ1v) is 16.2. The van der Waals surface area contributed by atoms with Gasteiger partial charge in [-0.1, -0.05) is 77.9 Å². The zero-order valence-corrected chi connectivity index (χ0v) is 30.8. The summed E-state index contributed by atoms with van der Waals surface area (Å²) in [4.78, 5) is 11.0. The van der Waals surface area contributed by atoms with Gasteiger partial charge in [0.15, 0.2) is 0 Å². The number of fused-ring (bicyclic) bond motifs is 8. The molecule has 8 bridgehead atoms. The fraction of sp³-hybridized carbons (Fsp3) is 0.286. The maximum absolute atomic E-state index is 5.52. The molecule has 0 atom stereocenters. The van der Waals surface area contributed by atoms with Crippen molar-refractivity contribution in [1.82, 2.24) is 19.1 Å². The Morgan fingerprint density at radius 2 is 0.766 bits per heavy atom. The van der Waals surface area contributed by atoms with Gasteiger partial charge in [0.05, 0.1) is 16.8 Å². The van der Waals surface area contributed by atoms with E-state index in [9.17, 15) is 0 Å². The molecule has 6 aromatic rings. The molecule has 0 unspecified atom stereocenters. The largest absolute Gasteiger partial charge is 2.00 e. The molecule has 4 nitrogen and oxygen atoms in total. The Morgan fingerprint density at radius 3 is 1.13 bits per heavy atom. The van der Waals surface area contributed by atoms with Gasteiger partial charge in [0.25, 0.3) is 0 Å². The summed E-state index contributed by atoms with van der Waals surface area (Å²) in [5.41, 5.74) is 6.88. The Labute approximate surface area is 294 Å². The third-order valence-corrected chi connectivity index (χ3v) is 10.2. The summed E-state index contributed by atoms with van der Waals surface area (Å²) >= 11 is 0. The van der Waals surface area contributed by atoms with Crippen molar-refractivity contribution >= 4 is 0 Å². The second-order valence-corrected chi connectivity index (χ2v) is 14.8. The SMILES string of the molecule is CC1(C)c2[c-]c(ccc2)C(C)(C)c2cn(-c3ccccc3)c(n2)C(C)(C)c2nc(cn2-c2ccccc2)C(C)(C)c2[c-]c1ccc2.[Pt+2]. The quantitative estimate of drug-likeness (QED) is 0.164. The average molecular weight is 798 g/mol. The summed E-state index contributed by atoms with van der Waals surface area (Å²) in [6.45, 7) is 18.1. The number of benzene rings is 4. The number of hydrogen-bond donors (Lipinski definition) is 0. The maximum Gasteiger partial charge on any atom is 2.00 e. The molecule has 0 amide bonds. The van der Waals surface area contributed by atoms with E-state index in [0.29, 0.717) is 0 Å². The van der Waals surface area contributed by atoms with Crippen molar-refractivity contribution < 1.29 is 21.1 Å². The van der Waals surface area contributed by atoms with Gasteiger partial charge in [-0.05, 0) is 43.5 Å². The smallest absolute Gasteiger partial charge is 0.303 e. The van der Waals surface area contributed by atoms with Crippen LogP contribution in [0.2, 0.25) is 0 Å². The minimum Gasteiger partial charge on any atom is -0.303 e. The molecule has 7 rings (SSSR count). The molecule has 0 spiro atoms. The molecule has 1 aliphatic heterocycles. The van der Waals surface area contributed by atoms with Crippen LogP contribution in [-0.4, -0.2) is 19.1 Å². The molecule has 0 saturated heterocycles. The summed E-state index contributed by atoms with van der Waals surface area (Å²) in [6, 6.07) is 41.9. The minimum atomic E-state index is -0.579. The van der Waals surface area contributed by atoms with Gasteiger partial charge in [0.2, 0.25) is 0 Å². The van der Waals surface area contributed by atoms with E-state index < -0.39 is 16.2 Å². The van der Waals surface area contributed by atoms with Gasteiger partial charge in [-0.15, -0.1) is 0 Å². The van der Waals surface area contributed by atoms with Crippen LogP contribution < -0.4 is 0 Å². The van der Waals surface area contributed by atoms with Crippen LogP contribution in [0.3, 0.4) is 0 Å². The molecule has 0 aliphatic carbocycles. The molecular weight excluding hydrogens is 756 g/mol. The Kier molecular flexibility index (Phi) is 8.12. The molecule has 47 heavy (non-hydrogen) atoms. The number of imidazole rings is 2. The van der Waals surface area contributed by atoms with E-state index in [1.165, 1.54) is 0 Å². The molecule has 240 valence electrons. The summed E-state index contributed by atoms with van der Waals surface area (Å²) in [5, 5.41) is 0. The third kappa shape index (κ3) is 5.35. The van der Waals surface area contributed by atoms with Crippen molar-refractivity contribution in [2.45, 2.75) is 77.0 Å². The predicted molar refractivity (Wildman–Crippen MR) is 186 cm³/mol. The molecule has 3 heterocycles. The summed E-state index contributed by atoms with van der Waals surface area (Å²) in [6.07, 6.45) is 4.43. The van der Waals surface area contributed by atoms with Gasteiger partial charge < -0.3 is 9.13 Å². The van der Waals surface area contributed by atoms with E-state index in [0.717, 1.165) is 56.7 Å². The maximum atomic E-state index is 5.52. The van der Waals surface area contributed by atoms with Gasteiger partial charge in [0, 0.05) is 34.6 Å². The van der Waals surface area contributed by atoms with E-state index in [2.05, 4.69) is 186 Å². The molecule has 0 radical (unpaired) electrons. The number of nitrogens with zero attached hydrogens (tertiary/aromatic N) is 4. The molecule has 2 aromatic heterocycles. The van der Waals surface area contributed by atoms with Crippen LogP contribution in [-0.2, 0) is 42.7 Å². The van der Waals surface area contributed by atoms with Crippen molar-refractivity contribution in [3.63, 3.8) is 0 Å². The Morgan fingerprint density at radius 1 is 0.426 bits per heavy atom. The molecule has 0 N–H and O–H groups in total. The first-order chi connectivity index (χ1) is 21.8. The first-order valence-electron chi connectivity index (χ1n) is 16.2. The van der Waals surface area contributed by atoms with E-state index >= 15 is 0 Å². The monoisotopic (exact) mass is 797 g/mol. The Balaban J connectivity index is 0.00000386. The van der Waals surface area contributed by atoms with Crippen molar-refractivity contribution in [2.75, 3.05) is 0 Å². The van der Waals surface area contributed by atoms with Gasteiger partial charge in [0.1, 0.15) is 11.6 Å². The number of para-hydroxylation sites is 2. The third-order valence-electron chi connectivity index (χ3n) is 10.2. The fourth-order valence-corrected chi connectivity index (χ4v) is 6.73. The topological polar surface area (TPSA) is 35.6 Å². The van der Waals surface area contributed by atoms with E-state index in [4.69, 9.17) is 9.97 Å². The molecule has 1 aliphatic rings. The fourth-order valence-electron chi connectivity index (χ4n) is 6.73. The van der Waals surface area contributed by atoms with Crippen molar-refractivity contribution in [2.24, 2.45) is 0 Å². The number of hydrogen-bond acceptors (Lipinski definition) is 2. The zero-order chi connectivity index (χ0) is 32.5. The average Bonchev–Trinajstić information content (AvgIpc) is 3.74. The molecule has 0 fully saturated rings. The van der Waals surface area contributed by atoms with Crippen LogP contribution in [0.5, 0.6) is 0 Å². The standard InChI is InChI=1S/C42H42N4.Pt/c1-39(2)29-17-15-19-31(25-29)40(3,4)35-27-45(33-21-11-9-12-22-33)37(43-35)42(7,8)38-44-36(28-46(38)34-23-13-10-14-24-34)41(5,6)32-20-16-18-30(39)26-32;/h9-24,27-28H,1-8H3;/q-2;+2. The number of aromatic nitrogens is 4. The van der Waals surface area contributed by atoms with Crippen LogP contribution in [0.15, 0.2) is 109 Å². The van der Waals surface area contributed by atoms with Gasteiger partial charge in [-0.25, -0.2) is 9.97 Å².